The van der Waals surface area contributed by atoms with Crippen LogP contribution in [0.2, 0.25) is 0 Å². The third kappa shape index (κ3) is 4.08. The van der Waals surface area contributed by atoms with Gasteiger partial charge in [-0.3, -0.25) is 9.59 Å². The molecule has 1 aromatic carbocycles. The van der Waals surface area contributed by atoms with Crippen molar-refractivity contribution in [3.05, 3.63) is 76.3 Å². The summed E-state index contributed by atoms with van der Waals surface area (Å²) in [6.45, 7) is 4.49. The van der Waals surface area contributed by atoms with Crippen LogP contribution in [-0.4, -0.2) is 22.2 Å². The first-order valence-corrected chi connectivity index (χ1v) is 8.51. The van der Waals surface area contributed by atoms with Crippen molar-refractivity contribution in [2.75, 3.05) is 6.54 Å². The van der Waals surface area contributed by atoms with Crippen LogP contribution in [0, 0.1) is 6.92 Å². The largest absolute Gasteiger partial charge is 0.463 e. The van der Waals surface area contributed by atoms with Crippen LogP contribution in [-0.2, 0) is 11.3 Å². The average Bonchev–Trinajstić information content (AvgIpc) is 3.18. The van der Waals surface area contributed by atoms with Gasteiger partial charge in [0.2, 0.25) is 5.91 Å². The van der Waals surface area contributed by atoms with E-state index >= 15 is 0 Å². The molecule has 0 aliphatic heterocycles. The highest BCUT2D eigenvalue weighted by atomic mass is 16.3. The minimum Gasteiger partial charge on any atom is -0.463 e. The van der Waals surface area contributed by atoms with Gasteiger partial charge in [0.25, 0.3) is 5.56 Å². The van der Waals surface area contributed by atoms with Gasteiger partial charge in [0.05, 0.1) is 18.7 Å². The van der Waals surface area contributed by atoms with E-state index in [1.165, 1.54) is 10.7 Å². The van der Waals surface area contributed by atoms with Gasteiger partial charge in [0.15, 0.2) is 5.76 Å². The lowest BCUT2D eigenvalue weighted by atomic mass is 9.99. The Bertz CT molecular complexity index is 928. The fraction of sp³-hybridized carbons (Fsp3) is 0.250. The highest BCUT2D eigenvalue weighted by Crippen LogP contribution is 2.16. The summed E-state index contributed by atoms with van der Waals surface area (Å²) in [6.07, 6.45) is 1.55. The SMILES string of the molecule is Cc1ccc(C(C)C(=O)NCCn2nc(-c3ccco3)ccc2=O)cc1. The number of hydrogen-bond acceptors (Lipinski definition) is 4. The Balaban J connectivity index is 1.61. The second kappa shape index (κ2) is 7.82. The summed E-state index contributed by atoms with van der Waals surface area (Å²) in [6, 6.07) is 14.5. The first-order valence-electron chi connectivity index (χ1n) is 8.51. The van der Waals surface area contributed by atoms with Crippen LogP contribution in [0.1, 0.15) is 24.0 Å². The number of amides is 1. The molecule has 0 bridgehead atoms. The molecule has 1 N–H and O–H groups in total. The molecule has 6 heteroatoms. The second-order valence-corrected chi connectivity index (χ2v) is 6.18. The molecule has 0 aliphatic carbocycles. The predicted octanol–water partition coefficient (Wildman–Crippen LogP) is 2.73. The fourth-order valence-corrected chi connectivity index (χ4v) is 2.61. The van der Waals surface area contributed by atoms with E-state index in [1.54, 1.807) is 24.5 Å². The molecule has 3 aromatic rings. The second-order valence-electron chi connectivity index (χ2n) is 6.18. The molecule has 2 aromatic heterocycles. The van der Waals surface area contributed by atoms with Crippen molar-refractivity contribution >= 4 is 5.91 Å². The molecule has 134 valence electrons. The number of carbonyl (C=O) groups excluding carboxylic acids is 1. The summed E-state index contributed by atoms with van der Waals surface area (Å²) >= 11 is 0. The van der Waals surface area contributed by atoms with Gasteiger partial charge >= 0.3 is 0 Å². The van der Waals surface area contributed by atoms with Crippen LogP contribution in [0.15, 0.2) is 64.0 Å². The van der Waals surface area contributed by atoms with Gasteiger partial charge in [-0.25, -0.2) is 4.68 Å². The van der Waals surface area contributed by atoms with Crippen LogP contribution in [0.25, 0.3) is 11.5 Å². The van der Waals surface area contributed by atoms with Crippen LogP contribution < -0.4 is 10.9 Å². The quantitative estimate of drug-likeness (QED) is 0.741. The van der Waals surface area contributed by atoms with Gasteiger partial charge in [-0.15, -0.1) is 0 Å². The van der Waals surface area contributed by atoms with E-state index in [4.69, 9.17) is 4.42 Å². The van der Waals surface area contributed by atoms with Crippen LogP contribution in [0.5, 0.6) is 0 Å². The summed E-state index contributed by atoms with van der Waals surface area (Å²) < 4.78 is 6.63. The first-order chi connectivity index (χ1) is 12.5. The number of carbonyl (C=O) groups is 1. The lowest BCUT2D eigenvalue weighted by Gasteiger charge is -2.13. The van der Waals surface area contributed by atoms with E-state index in [1.807, 2.05) is 38.1 Å². The Hall–Kier alpha value is -3.15. The van der Waals surface area contributed by atoms with Gasteiger partial charge in [-0.2, -0.15) is 5.10 Å². The molecule has 0 spiro atoms. The molecule has 3 rings (SSSR count). The third-order valence-corrected chi connectivity index (χ3v) is 4.23. The van der Waals surface area contributed by atoms with Gasteiger partial charge in [-0.05, 0) is 37.6 Å². The van der Waals surface area contributed by atoms with Gasteiger partial charge in [0.1, 0.15) is 5.69 Å². The standard InChI is InChI=1S/C20H21N3O3/c1-14-5-7-16(8-6-14)15(2)20(25)21-11-12-23-19(24)10-9-17(22-23)18-4-3-13-26-18/h3-10,13,15H,11-12H2,1-2H3,(H,21,25). The third-order valence-electron chi connectivity index (χ3n) is 4.23. The molecule has 0 saturated carbocycles. The summed E-state index contributed by atoms with van der Waals surface area (Å²) in [5, 5.41) is 7.15. The van der Waals surface area contributed by atoms with Crippen molar-refractivity contribution in [3.8, 4) is 11.5 Å². The van der Waals surface area contributed by atoms with E-state index in [9.17, 15) is 9.59 Å². The number of hydrogen-bond donors (Lipinski definition) is 1. The van der Waals surface area contributed by atoms with Gasteiger partial charge in [0, 0.05) is 12.6 Å². The summed E-state index contributed by atoms with van der Waals surface area (Å²) in [4.78, 5) is 24.3. The van der Waals surface area contributed by atoms with Gasteiger partial charge < -0.3 is 9.73 Å². The molecular formula is C20H21N3O3. The maximum Gasteiger partial charge on any atom is 0.266 e. The van der Waals surface area contributed by atoms with Crippen LogP contribution >= 0.6 is 0 Å². The molecular weight excluding hydrogens is 330 g/mol. The molecule has 0 saturated heterocycles. The number of rotatable bonds is 6. The fourth-order valence-electron chi connectivity index (χ4n) is 2.61. The molecule has 1 atom stereocenters. The Kier molecular flexibility index (Phi) is 5.31. The smallest absolute Gasteiger partial charge is 0.266 e. The van der Waals surface area contributed by atoms with Crippen LogP contribution in [0.3, 0.4) is 0 Å². The number of furan rings is 1. The molecule has 1 unspecified atom stereocenters. The van der Waals surface area contributed by atoms with E-state index in [-0.39, 0.29) is 17.4 Å². The maximum absolute atomic E-state index is 12.3. The van der Waals surface area contributed by atoms with Crippen molar-refractivity contribution in [1.82, 2.24) is 15.1 Å². The number of nitrogens with zero attached hydrogens (tertiary/aromatic N) is 2. The van der Waals surface area contributed by atoms with Gasteiger partial charge in [-0.1, -0.05) is 29.8 Å². The van der Waals surface area contributed by atoms with Crippen LogP contribution in [0.4, 0.5) is 0 Å². The number of aryl methyl sites for hydroxylation is 1. The van der Waals surface area contributed by atoms with Crippen molar-refractivity contribution in [2.45, 2.75) is 26.3 Å². The molecule has 0 radical (unpaired) electrons. The number of benzene rings is 1. The van der Waals surface area contributed by atoms with Crippen molar-refractivity contribution in [2.24, 2.45) is 0 Å². The highest BCUT2D eigenvalue weighted by molar-refractivity contribution is 5.83. The van der Waals surface area contributed by atoms with Crippen molar-refractivity contribution < 1.29 is 9.21 Å². The Morgan fingerprint density at radius 2 is 1.96 bits per heavy atom. The zero-order valence-corrected chi connectivity index (χ0v) is 14.8. The number of aromatic nitrogens is 2. The Morgan fingerprint density at radius 3 is 2.65 bits per heavy atom. The first kappa shape index (κ1) is 17.7. The number of nitrogens with one attached hydrogen (secondary N) is 1. The predicted molar refractivity (Wildman–Crippen MR) is 98.8 cm³/mol. The van der Waals surface area contributed by atoms with E-state index in [0.29, 0.717) is 24.5 Å². The zero-order chi connectivity index (χ0) is 18.5. The molecule has 26 heavy (non-hydrogen) atoms. The molecule has 2 heterocycles. The molecule has 0 fully saturated rings. The van der Waals surface area contributed by atoms with Crippen molar-refractivity contribution in [3.63, 3.8) is 0 Å². The Labute approximate surface area is 151 Å². The average molecular weight is 351 g/mol. The minimum atomic E-state index is -0.255. The summed E-state index contributed by atoms with van der Waals surface area (Å²) in [5.41, 5.74) is 2.47. The lowest BCUT2D eigenvalue weighted by molar-refractivity contribution is -0.122. The Morgan fingerprint density at radius 1 is 1.19 bits per heavy atom. The monoisotopic (exact) mass is 351 g/mol. The summed E-state index contributed by atoms with van der Waals surface area (Å²) in [7, 11) is 0. The van der Waals surface area contributed by atoms with E-state index in [0.717, 1.165) is 11.1 Å². The molecule has 6 nitrogen and oxygen atoms in total. The maximum atomic E-state index is 12.3. The highest BCUT2D eigenvalue weighted by Gasteiger charge is 2.14. The zero-order valence-electron chi connectivity index (χ0n) is 14.8. The topological polar surface area (TPSA) is 77.1 Å². The minimum absolute atomic E-state index is 0.0795. The molecule has 0 aliphatic rings. The van der Waals surface area contributed by atoms with E-state index < -0.39 is 0 Å². The van der Waals surface area contributed by atoms with Crippen molar-refractivity contribution in [1.29, 1.82) is 0 Å². The van der Waals surface area contributed by atoms with E-state index in [2.05, 4.69) is 10.4 Å². The lowest BCUT2D eigenvalue weighted by Crippen LogP contribution is -2.34. The summed E-state index contributed by atoms with van der Waals surface area (Å²) in [5.74, 6) is 0.259. The molecule has 1 amide bonds. The normalized spacial score (nSPS) is 11.9.